The monoisotopic (exact) mass is 383 g/mol. The molecule has 0 atom stereocenters. The van der Waals surface area contributed by atoms with Gasteiger partial charge in [-0.25, -0.2) is 0 Å². The van der Waals surface area contributed by atoms with Gasteiger partial charge < -0.3 is 5.32 Å². The fourth-order valence-electron chi connectivity index (χ4n) is 1.91. The zero-order valence-electron chi connectivity index (χ0n) is 11.5. The van der Waals surface area contributed by atoms with Crippen molar-refractivity contribution in [3.05, 3.63) is 63.1 Å². The van der Waals surface area contributed by atoms with E-state index in [1.54, 1.807) is 17.8 Å². The first-order valence-electron chi connectivity index (χ1n) is 6.47. The summed E-state index contributed by atoms with van der Waals surface area (Å²) in [6.07, 6.45) is 2.74. The van der Waals surface area contributed by atoms with E-state index in [1.807, 2.05) is 42.7 Å². The summed E-state index contributed by atoms with van der Waals surface area (Å²) >= 11 is 11.2. The predicted molar refractivity (Wildman–Crippen MR) is 93.4 cm³/mol. The lowest BCUT2D eigenvalue weighted by atomic mass is 10.1. The maximum absolute atomic E-state index is 12.2. The minimum atomic E-state index is -0.136. The highest BCUT2D eigenvalue weighted by Gasteiger charge is 2.11. The van der Waals surface area contributed by atoms with E-state index in [2.05, 4.69) is 21.2 Å². The van der Waals surface area contributed by atoms with Crippen LogP contribution in [0.25, 0.3) is 0 Å². The Kier molecular flexibility index (Phi) is 6.15. The first-order chi connectivity index (χ1) is 10.1. The average molecular weight is 385 g/mol. The summed E-state index contributed by atoms with van der Waals surface area (Å²) in [5, 5.41) is 3.39. The summed E-state index contributed by atoms with van der Waals surface area (Å²) in [5.41, 5.74) is 1.69. The highest BCUT2D eigenvalue weighted by Crippen LogP contribution is 2.23. The Morgan fingerprint density at radius 3 is 2.76 bits per heavy atom. The van der Waals surface area contributed by atoms with Crippen molar-refractivity contribution in [2.45, 2.75) is 11.3 Å². The molecular formula is C16H15BrClNOS. The number of rotatable bonds is 5. The molecule has 21 heavy (non-hydrogen) atoms. The van der Waals surface area contributed by atoms with Crippen molar-refractivity contribution in [1.29, 1.82) is 0 Å². The lowest BCUT2D eigenvalue weighted by Crippen LogP contribution is -2.26. The predicted octanol–water partition coefficient (Wildman–Crippen LogP) is 4.80. The third-order valence-corrected chi connectivity index (χ3v) is 4.88. The minimum Gasteiger partial charge on any atom is -0.352 e. The van der Waals surface area contributed by atoms with Gasteiger partial charge in [-0.15, -0.1) is 11.8 Å². The van der Waals surface area contributed by atoms with Crippen molar-refractivity contribution < 1.29 is 4.79 Å². The Morgan fingerprint density at radius 2 is 2.05 bits per heavy atom. The van der Waals surface area contributed by atoms with Crippen molar-refractivity contribution in [1.82, 2.24) is 5.32 Å². The van der Waals surface area contributed by atoms with E-state index in [-0.39, 0.29) is 5.91 Å². The molecule has 5 heteroatoms. The molecule has 0 unspecified atom stereocenters. The standard InChI is InChI=1S/C16H15BrClNOS/c1-21-12-6-7-15(18)13(10-12)16(20)19-9-8-11-4-2-3-5-14(11)17/h2-7,10H,8-9H2,1H3,(H,19,20). The molecule has 2 rings (SSSR count). The second-order valence-electron chi connectivity index (χ2n) is 4.44. The van der Waals surface area contributed by atoms with Crippen LogP contribution in [-0.2, 0) is 6.42 Å². The molecule has 0 bridgehead atoms. The molecule has 0 aromatic heterocycles. The molecule has 0 aliphatic heterocycles. The summed E-state index contributed by atoms with van der Waals surface area (Å²) in [6.45, 7) is 0.571. The highest BCUT2D eigenvalue weighted by molar-refractivity contribution is 9.10. The topological polar surface area (TPSA) is 29.1 Å². The molecule has 0 radical (unpaired) electrons. The van der Waals surface area contributed by atoms with Gasteiger partial charge >= 0.3 is 0 Å². The van der Waals surface area contributed by atoms with Gasteiger partial charge in [0.25, 0.3) is 5.91 Å². The van der Waals surface area contributed by atoms with Crippen molar-refractivity contribution in [3.63, 3.8) is 0 Å². The number of nitrogens with one attached hydrogen (secondary N) is 1. The number of carbonyl (C=O) groups excluding carboxylic acids is 1. The van der Waals surface area contributed by atoms with Gasteiger partial charge in [0, 0.05) is 15.9 Å². The van der Waals surface area contributed by atoms with Gasteiger partial charge in [-0.2, -0.15) is 0 Å². The number of amides is 1. The molecule has 1 amide bonds. The maximum atomic E-state index is 12.2. The number of halogens is 2. The smallest absolute Gasteiger partial charge is 0.252 e. The van der Waals surface area contributed by atoms with Gasteiger partial charge in [0.1, 0.15) is 0 Å². The largest absolute Gasteiger partial charge is 0.352 e. The first-order valence-corrected chi connectivity index (χ1v) is 8.86. The summed E-state index contributed by atoms with van der Waals surface area (Å²) in [7, 11) is 0. The number of benzene rings is 2. The lowest BCUT2D eigenvalue weighted by molar-refractivity contribution is 0.0954. The van der Waals surface area contributed by atoms with E-state index in [9.17, 15) is 4.79 Å². The van der Waals surface area contributed by atoms with Crippen LogP contribution in [0.5, 0.6) is 0 Å². The number of hydrogen-bond acceptors (Lipinski definition) is 2. The molecule has 0 fully saturated rings. The molecule has 2 nitrogen and oxygen atoms in total. The second kappa shape index (κ2) is 7.87. The third kappa shape index (κ3) is 4.50. The summed E-state index contributed by atoms with van der Waals surface area (Å²) < 4.78 is 1.06. The third-order valence-electron chi connectivity index (χ3n) is 3.06. The molecule has 0 aliphatic carbocycles. The van der Waals surface area contributed by atoms with E-state index in [1.165, 1.54) is 5.56 Å². The molecule has 2 aromatic rings. The molecule has 0 saturated carbocycles. The Balaban J connectivity index is 1.98. The van der Waals surface area contributed by atoms with Gasteiger partial charge in [-0.1, -0.05) is 45.7 Å². The van der Waals surface area contributed by atoms with Gasteiger partial charge in [-0.05, 0) is 42.5 Å². The summed E-state index contributed by atoms with van der Waals surface area (Å²) in [6, 6.07) is 13.5. The van der Waals surface area contributed by atoms with Crippen molar-refractivity contribution in [2.24, 2.45) is 0 Å². The van der Waals surface area contributed by atoms with Crippen molar-refractivity contribution in [2.75, 3.05) is 12.8 Å². The lowest BCUT2D eigenvalue weighted by Gasteiger charge is -2.09. The fourth-order valence-corrected chi connectivity index (χ4v) is 3.04. The van der Waals surface area contributed by atoms with Crippen LogP contribution in [-0.4, -0.2) is 18.7 Å². The van der Waals surface area contributed by atoms with Crippen LogP contribution in [0.4, 0.5) is 0 Å². The molecule has 0 spiro atoms. The van der Waals surface area contributed by atoms with Crippen molar-refractivity contribution in [3.8, 4) is 0 Å². The molecule has 2 aromatic carbocycles. The number of carbonyl (C=O) groups is 1. The maximum Gasteiger partial charge on any atom is 0.252 e. The van der Waals surface area contributed by atoms with Crippen LogP contribution in [0.1, 0.15) is 15.9 Å². The Labute approximate surface area is 142 Å². The average Bonchev–Trinajstić information content (AvgIpc) is 2.49. The second-order valence-corrected chi connectivity index (χ2v) is 6.58. The van der Waals surface area contributed by atoms with Gasteiger partial charge in [0.05, 0.1) is 10.6 Å². The fraction of sp³-hybridized carbons (Fsp3) is 0.188. The van der Waals surface area contributed by atoms with Crippen molar-refractivity contribution >= 4 is 45.2 Å². The summed E-state index contributed by atoms with van der Waals surface area (Å²) in [4.78, 5) is 13.2. The van der Waals surface area contributed by atoms with E-state index >= 15 is 0 Å². The van der Waals surface area contributed by atoms with E-state index in [0.717, 1.165) is 15.8 Å². The van der Waals surface area contributed by atoms with Crippen LogP contribution in [0.15, 0.2) is 51.8 Å². The van der Waals surface area contributed by atoms with Crippen LogP contribution in [0.2, 0.25) is 5.02 Å². The van der Waals surface area contributed by atoms with Crippen LogP contribution < -0.4 is 5.32 Å². The zero-order valence-corrected chi connectivity index (χ0v) is 14.7. The molecule has 0 saturated heterocycles. The molecule has 1 N–H and O–H groups in total. The Bertz CT molecular complexity index is 648. The number of hydrogen-bond donors (Lipinski definition) is 1. The number of thioether (sulfide) groups is 1. The van der Waals surface area contributed by atoms with E-state index in [4.69, 9.17) is 11.6 Å². The highest BCUT2D eigenvalue weighted by atomic mass is 79.9. The van der Waals surface area contributed by atoms with Crippen LogP contribution in [0, 0.1) is 0 Å². The van der Waals surface area contributed by atoms with Gasteiger partial charge in [-0.3, -0.25) is 4.79 Å². The van der Waals surface area contributed by atoms with Crippen LogP contribution >= 0.6 is 39.3 Å². The van der Waals surface area contributed by atoms with Gasteiger partial charge in [0.2, 0.25) is 0 Å². The van der Waals surface area contributed by atoms with Gasteiger partial charge in [0.15, 0.2) is 0 Å². The minimum absolute atomic E-state index is 0.136. The normalized spacial score (nSPS) is 10.4. The molecule has 0 aliphatic rings. The van der Waals surface area contributed by atoms with E-state index < -0.39 is 0 Å². The van der Waals surface area contributed by atoms with E-state index in [0.29, 0.717) is 17.1 Å². The zero-order chi connectivity index (χ0) is 15.2. The quantitative estimate of drug-likeness (QED) is 0.750. The first kappa shape index (κ1) is 16.4. The molecule has 110 valence electrons. The van der Waals surface area contributed by atoms with Crippen LogP contribution in [0.3, 0.4) is 0 Å². The summed E-state index contributed by atoms with van der Waals surface area (Å²) in [5.74, 6) is -0.136. The Hall–Kier alpha value is -0.970. The molecular weight excluding hydrogens is 370 g/mol. The Morgan fingerprint density at radius 1 is 1.29 bits per heavy atom. The SMILES string of the molecule is CSc1ccc(Cl)c(C(=O)NCCc2ccccc2Br)c1. The molecule has 0 heterocycles.